The van der Waals surface area contributed by atoms with Crippen LogP contribution in [0.15, 0.2) is 39.7 Å². The monoisotopic (exact) mass is 365 g/mol. The first-order valence-electron chi connectivity index (χ1n) is 8.40. The van der Waals surface area contributed by atoms with Gasteiger partial charge in [-0.1, -0.05) is 0 Å². The molecule has 136 valence electrons. The molecule has 0 radical (unpaired) electrons. The Labute approximate surface area is 153 Å². The van der Waals surface area contributed by atoms with Gasteiger partial charge in [0.05, 0.1) is 12.0 Å². The Bertz CT molecular complexity index is 734. The molecule has 0 saturated carbocycles. The van der Waals surface area contributed by atoms with Gasteiger partial charge >= 0.3 is 0 Å². The largest absolute Gasteiger partial charge is 0.463 e. The molecule has 2 N–H and O–H groups in total. The molecule has 1 amide bonds. The quantitative estimate of drug-likeness (QED) is 0.853. The Morgan fingerprint density at radius 2 is 2.08 bits per heavy atom. The maximum Gasteiger partial charge on any atom is 0.261 e. The lowest BCUT2D eigenvalue weighted by Gasteiger charge is -2.32. The number of piperidine rings is 1. The van der Waals surface area contributed by atoms with Crippen LogP contribution in [0.4, 0.5) is 0 Å². The summed E-state index contributed by atoms with van der Waals surface area (Å²) in [6.45, 7) is 2.44. The summed E-state index contributed by atoms with van der Waals surface area (Å²) in [4.78, 5) is 29.4. The Balaban J connectivity index is 0.00000225. The van der Waals surface area contributed by atoms with E-state index in [2.05, 4.69) is 10.3 Å². The van der Waals surface area contributed by atoms with Crippen LogP contribution >= 0.6 is 12.4 Å². The molecule has 6 nitrogen and oxygen atoms in total. The molecule has 1 saturated heterocycles. The molecule has 3 heterocycles. The number of amides is 1. The maximum atomic E-state index is 12.6. The summed E-state index contributed by atoms with van der Waals surface area (Å²) < 4.78 is 5.26. The summed E-state index contributed by atoms with van der Waals surface area (Å²) in [5.41, 5.74) is 0.400. The zero-order valence-electron chi connectivity index (χ0n) is 14.3. The summed E-state index contributed by atoms with van der Waals surface area (Å²) >= 11 is 0. The number of nitrogens with one attached hydrogen (secondary N) is 2. The fourth-order valence-electron chi connectivity index (χ4n) is 3.16. The lowest BCUT2D eigenvalue weighted by atomic mass is 9.93. The molecular weight excluding hydrogens is 342 g/mol. The number of carbonyl (C=O) groups excluding carboxylic acids is 1. The number of aromatic nitrogens is 1. The SMILES string of the molecule is CNCCC1CCN(C(=O)c2ccc(-c3ccco3)[nH]c2=O)CC1.Cl. The number of hydrogen-bond acceptors (Lipinski definition) is 4. The van der Waals surface area contributed by atoms with Crippen molar-refractivity contribution in [2.45, 2.75) is 19.3 Å². The second kappa shape index (κ2) is 8.87. The van der Waals surface area contributed by atoms with Crippen molar-refractivity contribution in [3.05, 3.63) is 46.4 Å². The molecule has 0 aromatic carbocycles. The zero-order valence-corrected chi connectivity index (χ0v) is 15.1. The van der Waals surface area contributed by atoms with Crippen LogP contribution in [-0.2, 0) is 0 Å². The Hall–Kier alpha value is -2.05. The lowest BCUT2D eigenvalue weighted by molar-refractivity contribution is 0.0685. The number of pyridine rings is 1. The van der Waals surface area contributed by atoms with Gasteiger partial charge in [-0.3, -0.25) is 9.59 Å². The molecule has 2 aromatic heterocycles. The number of nitrogens with zero attached hydrogens (tertiary/aromatic N) is 1. The molecule has 1 aliphatic heterocycles. The van der Waals surface area contributed by atoms with Gasteiger partial charge in [0.2, 0.25) is 0 Å². The van der Waals surface area contributed by atoms with Gasteiger partial charge < -0.3 is 19.6 Å². The van der Waals surface area contributed by atoms with Gasteiger partial charge in [-0.05, 0) is 63.0 Å². The van der Waals surface area contributed by atoms with E-state index in [1.165, 1.54) is 0 Å². The van der Waals surface area contributed by atoms with Crippen molar-refractivity contribution in [3.8, 4) is 11.5 Å². The third-order valence-electron chi connectivity index (χ3n) is 4.63. The van der Waals surface area contributed by atoms with Crippen LogP contribution in [0.5, 0.6) is 0 Å². The highest BCUT2D eigenvalue weighted by Gasteiger charge is 2.25. The average molecular weight is 366 g/mol. The van der Waals surface area contributed by atoms with Crippen molar-refractivity contribution in [1.29, 1.82) is 0 Å². The van der Waals surface area contributed by atoms with Crippen LogP contribution < -0.4 is 10.9 Å². The smallest absolute Gasteiger partial charge is 0.261 e. The molecule has 1 aliphatic rings. The number of hydrogen-bond donors (Lipinski definition) is 2. The number of halogens is 1. The highest BCUT2D eigenvalue weighted by molar-refractivity contribution is 5.94. The van der Waals surface area contributed by atoms with Crippen molar-refractivity contribution in [2.75, 3.05) is 26.7 Å². The number of carbonyl (C=O) groups is 1. The summed E-state index contributed by atoms with van der Waals surface area (Å²) in [7, 11) is 1.96. The van der Waals surface area contributed by atoms with Crippen molar-refractivity contribution < 1.29 is 9.21 Å². The van der Waals surface area contributed by atoms with Crippen LogP contribution in [0.25, 0.3) is 11.5 Å². The minimum atomic E-state index is -0.369. The van der Waals surface area contributed by atoms with Gasteiger partial charge in [-0.25, -0.2) is 0 Å². The number of likely N-dealkylation sites (tertiary alicyclic amines) is 1. The van der Waals surface area contributed by atoms with Gasteiger partial charge in [-0.15, -0.1) is 12.4 Å². The molecule has 3 rings (SSSR count). The minimum absolute atomic E-state index is 0. The normalized spacial score (nSPS) is 15.0. The van der Waals surface area contributed by atoms with E-state index in [4.69, 9.17) is 4.42 Å². The number of rotatable bonds is 5. The van der Waals surface area contributed by atoms with Crippen molar-refractivity contribution >= 4 is 18.3 Å². The van der Waals surface area contributed by atoms with E-state index in [9.17, 15) is 9.59 Å². The summed E-state index contributed by atoms with van der Waals surface area (Å²) in [5, 5.41) is 3.17. The van der Waals surface area contributed by atoms with Gasteiger partial charge in [0, 0.05) is 13.1 Å². The Morgan fingerprint density at radius 3 is 2.68 bits per heavy atom. The molecule has 1 fully saturated rings. The molecule has 0 spiro atoms. The van der Waals surface area contributed by atoms with Crippen LogP contribution in [0.1, 0.15) is 29.6 Å². The molecule has 7 heteroatoms. The van der Waals surface area contributed by atoms with Gasteiger partial charge in [0.1, 0.15) is 11.3 Å². The fourth-order valence-corrected chi connectivity index (χ4v) is 3.16. The van der Waals surface area contributed by atoms with Gasteiger partial charge in [0.15, 0.2) is 0 Å². The second-order valence-corrected chi connectivity index (χ2v) is 6.22. The average Bonchev–Trinajstić information content (AvgIpc) is 3.14. The first-order valence-corrected chi connectivity index (χ1v) is 8.40. The predicted octanol–water partition coefficient (Wildman–Crippen LogP) is 2.52. The molecule has 0 bridgehead atoms. The van der Waals surface area contributed by atoms with E-state index < -0.39 is 0 Å². The number of H-pyrrole nitrogens is 1. The van der Waals surface area contributed by atoms with Crippen molar-refractivity contribution in [3.63, 3.8) is 0 Å². The first-order chi connectivity index (χ1) is 11.7. The Kier molecular flexibility index (Phi) is 6.84. The van der Waals surface area contributed by atoms with Gasteiger partial charge in [0.25, 0.3) is 11.5 Å². The fraction of sp³-hybridized carbons (Fsp3) is 0.444. The standard InChI is InChI=1S/C18H23N3O3.ClH/c1-19-9-6-13-7-10-21(11-8-13)18(23)14-4-5-15(20-17(14)22)16-3-2-12-24-16;/h2-5,12-13,19H,6-11H2,1H3,(H,20,22);1H. The van der Waals surface area contributed by atoms with Crippen molar-refractivity contribution in [1.82, 2.24) is 15.2 Å². The summed E-state index contributed by atoms with van der Waals surface area (Å²) in [6.07, 6.45) is 4.67. The minimum Gasteiger partial charge on any atom is -0.463 e. The van der Waals surface area contributed by atoms with Crippen LogP contribution in [0.3, 0.4) is 0 Å². The second-order valence-electron chi connectivity index (χ2n) is 6.22. The lowest BCUT2D eigenvalue weighted by Crippen LogP contribution is -2.41. The summed E-state index contributed by atoms with van der Waals surface area (Å²) in [6, 6.07) is 6.83. The molecule has 25 heavy (non-hydrogen) atoms. The van der Waals surface area contributed by atoms with E-state index in [1.807, 2.05) is 7.05 Å². The summed E-state index contributed by atoms with van der Waals surface area (Å²) in [5.74, 6) is 1.05. The van der Waals surface area contributed by atoms with E-state index in [-0.39, 0.29) is 29.4 Å². The van der Waals surface area contributed by atoms with E-state index in [0.717, 1.165) is 25.8 Å². The van der Waals surface area contributed by atoms with E-state index >= 15 is 0 Å². The number of furan rings is 1. The van der Waals surface area contributed by atoms with Crippen LogP contribution in [0.2, 0.25) is 0 Å². The zero-order chi connectivity index (χ0) is 16.9. The van der Waals surface area contributed by atoms with Crippen LogP contribution in [0, 0.1) is 5.92 Å². The molecule has 0 atom stereocenters. The maximum absolute atomic E-state index is 12.6. The molecular formula is C18H24ClN3O3. The van der Waals surface area contributed by atoms with Gasteiger partial charge in [-0.2, -0.15) is 0 Å². The molecule has 2 aromatic rings. The number of aromatic amines is 1. The topological polar surface area (TPSA) is 78.3 Å². The molecule has 0 aliphatic carbocycles. The van der Waals surface area contributed by atoms with Crippen molar-refractivity contribution in [2.24, 2.45) is 5.92 Å². The third kappa shape index (κ3) is 4.52. The van der Waals surface area contributed by atoms with Crippen LogP contribution in [-0.4, -0.2) is 42.5 Å². The third-order valence-corrected chi connectivity index (χ3v) is 4.63. The van der Waals surface area contributed by atoms with E-state index in [1.54, 1.807) is 35.4 Å². The highest BCUT2D eigenvalue weighted by Crippen LogP contribution is 2.21. The molecule has 0 unspecified atom stereocenters. The highest BCUT2D eigenvalue weighted by atomic mass is 35.5. The first kappa shape index (κ1) is 19.3. The predicted molar refractivity (Wildman–Crippen MR) is 99.2 cm³/mol. The Morgan fingerprint density at radius 1 is 1.32 bits per heavy atom. The van der Waals surface area contributed by atoms with E-state index in [0.29, 0.717) is 30.5 Å².